The van der Waals surface area contributed by atoms with E-state index in [1.165, 1.54) is 0 Å². The Morgan fingerprint density at radius 2 is 1.96 bits per heavy atom. The zero-order chi connectivity index (χ0) is 16.9. The summed E-state index contributed by atoms with van der Waals surface area (Å²) in [6.45, 7) is 0. The highest BCUT2D eigenvalue weighted by atomic mass is 16.2. The van der Waals surface area contributed by atoms with Crippen molar-refractivity contribution in [3.63, 3.8) is 0 Å². The van der Waals surface area contributed by atoms with Crippen molar-refractivity contribution in [2.75, 3.05) is 19.0 Å². The molecule has 0 spiro atoms. The van der Waals surface area contributed by atoms with Crippen molar-refractivity contribution in [3.8, 4) is 0 Å². The van der Waals surface area contributed by atoms with E-state index in [9.17, 15) is 4.79 Å². The molecule has 0 aliphatic rings. The van der Waals surface area contributed by atoms with Crippen molar-refractivity contribution < 1.29 is 4.79 Å². The lowest BCUT2D eigenvalue weighted by Gasteiger charge is -2.11. The topological polar surface area (TPSA) is 73.4 Å². The number of aromatic amines is 1. The van der Waals surface area contributed by atoms with Crippen LogP contribution in [0.1, 0.15) is 11.4 Å². The number of carbonyl (C=O) groups excluding carboxylic acids is 1. The smallest absolute Gasteiger partial charge is 0.247 e. The Labute approximate surface area is 140 Å². The summed E-state index contributed by atoms with van der Waals surface area (Å²) in [6, 6.07) is 15.6. The summed E-state index contributed by atoms with van der Waals surface area (Å²) in [5.41, 5.74) is 6.33. The van der Waals surface area contributed by atoms with Gasteiger partial charge in [-0.15, -0.1) is 0 Å². The molecule has 122 valence electrons. The number of rotatable bonds is 5. The summed E-state index contributed by atoms with van der Waals surface area (Å²) < 4.78 is 0. The number of hydrazone groups is 1. The SMILES string of the molecule is CN(C)c1ccc(/C=N/NC(=O)Cc2nc3ccccc3[nH]2)cc1. The standard InChI is InChI=1S/C18H19N5O/c1-23(2)14-9-7-13(8-10-14)12-19-22-18(24)11-17-20-15-5-3-4-6-16(15)21-17/h3-10,12H,11H2,1-2H3,(H,20,21)(H,22,24)/b19-12+. The summed E-state index contributed by atoms with van der Waals surface area (Å²) in [4.78, 5) is 21.5. The number of carbonyl (C=O) groups is 1. The number of imidazole rings is 1. The Morgan fingerprint density at radius 1 is 1.21 bits per heavy atom. The van der Waals surface area contributed by atoms with Crippen molar-refractivity contribution in [3.05, 3.63) is 59.9 Å². The molecule has 2 N–H and O–H groups in total. The van der Waals surface area contributed by atoms with E-state index < -0.39 is 0 Å². The normalized spacial score (nSPS) is 11.1. The van der Waals surface area contributed by atoms with Crippen LogP contribution in [0.15, 0.2) is 53.6 Å². The van der Waals surface area contributed by atoms with Crippen LogP contribution in [-0.2, 0) is 11.2 Å². The van der Waals surface area contributed by atoms with E-state index in [2.05, 4.69) is 20.5 Å². The summed E-state index contributed by atoms with van der Waals surface area (Å²) >= 11 is 0. The number of H-pyrrole nitrogens is 1. The van der Waals surface area contributed by atoms with E-state index >= 15 is 0 Å². The first-order chi connectivity index (χ1) is 11.6. The molecule has 3 rings (SSSR count). The van der Waals surface area contributed by atoms with Crippen molar-refractivity contribution in [2.45, 2.75) is 6.42 Å². The predicted octanol–water partition coefficient (Wildman–Crippen LogP) is 2.32. The van der Waals surface area contributed by atoms with Gasteiger partial charge in [0.15, 0.2) is 0 Å². The number of nitrogens with zero attached hydrogens (tertiary/aromatic N) is 3. The molecule has 1 amide bonds. The van der Waals surface area contributed by atoms with Gasteiger partial charge in [0.25, 0.3) is 0 Å². The molecule has 0 fully saturated rings. The number of aromatic nitrogens is 2. The minimum Gasteiger partial charge on any atom is -0.378 e. The molecule has 1 heterocycles. The van der Waals surface area contributed by atoms with Gasteiger partial charge in [-0.2, -0.15) is 5.10 Å². The molecule has 0 atom stereocenters. The molecular formula is C18H19N5O. The Bertz CT molecular complexity index is 832. The molecule has 0 aliphatic heterocycles. The summed E-state index contributed by atoms with van der Waals surface area (Å²) in [5, 5.41) is 3.99. The van der Waals surface area contributed by atoms with Crippen LogP contribution in [0.3, 0.4) is 0 Å². The van der Waals surface area contributed by atoms with Crippen LogP contribution in [0.5, 0.6) is 0 Å². The van der Waals surface area contributed by atoms with Crippen LogP contribution in [0.2, 0.25) is 0 Å². The van der Waals surface area contributed by atoms with Gasteiger partial charge >= 0.3 is 0 Å². The molecule has 6 heteroatoms. The quantitative estimate of drug-likeness (QED) is 0.559. The molecule has 0 radical (unpaired) electrons. The molecule has 0 bridgehead atoms. The second-order valence-corrected chi connectivity index (χ2v) is 5.66. The van der Waals surface area contributed by atoms with Gasteiger partial charge in [-0.25, -0.2) is 10.4 Å². The first-order valence-electron chi connectivity index (χ1n) is 7.65. The van der Waals surface area contributed by atoms with E-state index in [4.69, 9.17) is 0 Å². The van der Waals surface area contributed by atoms with Gasteiger partial charge in [0, 0.05) is 19.8 Å². The van der Waals surface area contributed by atoms with Gasteiger partial charge in [0.2, 0.25) is 5.91 Å². The molecule has 24 heavy (non-hydrogen) atoms. The zero-order valence-electron chi connectivity index (χ0n) is 13.7. The van der Waals surface area contributed by atoms with E-state index in [0.29, 0.717) is 5.82 Å². The third kappa shape index (κ3) is 3.78. The number of anilines is 1. The molecule has 0 saturated heterocycles. The lowest BCUT2D eigenvalue weighted by molar-refractivity contribution is -0.120. The van der Waals surface area contributed by atoms with Gasteiger partial charge in [-0.3, -0.25) is 4.79 Å². The maximum Gasteiger partial charge on any atom is 0.247 e. The van der Waals surface area contributed by atoms with E-state index in [1.54, 1.807) is 6.21 Å². The van der Waals surface area contributed by atoms with Crippen LogP contribution in [-0.4, -0.2) is 36.2 Å². The second kappa shape index (κ2) is 6.95. The highest BCUT2D eigenvalue weighted by Crippen LogP contribution is 2.11. The minimum absolute atomic E-state index is 0.158. The average molecular weight is 321 g/mol. The van der Waals surface area contributed by atoms with Crippen LogP contribution in [0.4, 0.5) is 5.69 Å². The number of amides is 1. The first kappa shape index (κ1) is 15.7. The van der Waals surface area contributed by atoms with Crippen LogP contribution in [0.25, 0.3) is 11.0 Å². The Morgan fingerprint density at radius 3 is 2.67 bits per heavy atom. The van der Waals surface area contributed by atoms with Gasteiger partial charge in [0.1, 0.15) is 5.82 Å². The number of hydrogen-bond donors (Lipinski definition) is 2. The van der Waals surface area contributed by atoms with Crippen molar-refractivity contribution in [1.29, 1.82) is 0 Å². The lowest BCUT2D eigenvalue weighted by atomic mass is 10.2. The zero-order valence-corrected chi connectivity index (χ0v) is 13.7. The number of fused-ring (bicyclic) bond motifs is 1. The maximum atomic E-state index is 11.9. The Hall–Kier alpha value is -3.15. The molecule has 2 aromatic carbocycles. The fourth-order valence-corrected chi connectivity index (χ4v) is 2.32. The molecular weight excluding hydrogens is 302 g/mol. The highest BCUT2D eigenvalue weighted by Gasteiger charge is 2.07. The Kier molecular flexibility index (Phi) is 4.56. The van der Waals surface area contributed by atoms with Gasteiger partial charge in [-0.1, -0.05) is 24.3 Å². The summed E-state index contributed by atoms with van der Waals surface area (Å²) in [6.07, 6.45) is 1.78. The monoisotopic (exact) mass is 321 g/mol. The predicted molar refractivity (Wildman–Crippen MR) is 96.3 cm³/mol. The van der Waals surface area contributed by atoms with Crippen LogP contribution < -0.4 is 10.3 Å². The Balaban J connectivity index is 1.56. The summed E-state index contributed by atoms with van der Waals surface area (Å²) in [5.74, 6) is 0.412. The van der Waals surface area contributed by atoms with Crippen molar-refractivity contribution in [1.82, 2.24) is 15.4 Å². The molecule has 3 aromatic rings. The third-order valence-corrected chi connectivity index (χ3v) is 3.58. The van der Waals surface area contributed by atoms with Gasteiger partial charge < -0.3 is 9.88 Å². The van der Waals surface area contributed by atoms with E-state index in [1.807, 2.05) is 67.5 Å². The molecule has 1 aromatic heterocycles. The first-order valence-corrected chi connectivity index (χ1v) is 7.65. The fourth-order valence-electron chi connectivity index (χ4n) is 2.32. The number of benzene rings is 2. The van der Waals surface area contributed by atoms with Crippen LogP contribution >= 0.6 is 0 Å². The summed E-state index contributed by atoms with van der Waals surface area (Å²) in [7, 11) is 3.97. The van der Waals surface area contributed by atoms with E-state index in [-0.39, 0.29) is 12.3 Å². The largest absolute Gasteiger partial charge is 0.378 e. The second-order valence-electron chi connectivity index (χ2n) is 5.66. The minimum atomic E-state index is -0.213. The van der Waals surface area contributed by atoms with Crippen molar-refractivity contribution in [2.24, 2.45) is 5.10 Å². The van der Waals surface area contributed by atoms with Crippen LogP contribution in [0, 0.1) is 0 Å². The molecule has 0 saturated carbocycles. The molecule has 0 aliphatic carbocycles. The number of nitrogens with one attached hydrogen (secondary N) is 2. The van der Waals surface area contributed by atoms with Gasteiger partial charge in [-0.05, 0) is 29.8 Å². The molecule has 6 nitrogen and oxygen atoms in total. The number of para-hydroxylation sites is 2. The average Bonchev–Trinajstić information content (AvgIpc) is 2.97. The maximum absolute atomic E-state index is 11.9. The fraction of sp³-hybridized carbons (Fsp3) is 0.167. The van der Waals surface area contributed by atoms with Crippen molar-refractivity contribution >= 4 is 28.8 Å². The highest BCUT2D eigenvalue weighted by molar-refractivity contribution is 5.84. The van der Waals surface area contributed by atoms with E-state index in [0.717, 1.165) is 22.3 Å². The molecule has 0 unspecified atom stereocenters. The lowest BCUT2D eigenvalue weighted by Crippen LogP contribution is -2.20. The number of hydrogen-bond acceptors (Lipinski definition) is 4. The van der Waals surface area contributed by atoms with Gasteiger partial charge in [0.05, 0.1) is 23.7 Å². The third-order valence-electron chi connectivity index (χ3n) is 3.58.